The van der Waals surface area contributed by atoms with Gasteiger partial charge in [-0.05, 0) is 35.9 Å². The molecule has 0 aromatic heterocycles. The number of hydrogen-bond acceptors (Lipinski definition) is 4. The zero-order chi connectivity index (χ0) is 18.0. The summed E-state index contributed by atoms with van der Waals surface area (Å²) in [7, 11) is 1.38. The quantitative estimate of drug-likeness (QED) is 0.885. The van der Waals surface area contributed by atoms with Crippen LogP contribution in [0.1, 0.15) is 22.0 Å². The summed E-state index contributed by atoms with van der Waals surface area (Å²) in [5.41, 5.74) is 0.355. The summed E-state index contributed by atoms with van der Waals surface area (Å²) in [5, 5.41) is 4.88. The first-order valence-corrected chi connectivity index (χ1v) is 7.36. The summed E-state index contributed by atoms with van der Waals surface area (Å²) >= 11 is 0. The number of fused-ring (bicyclic) bond motifs is 1. The molecule has 0 saturated carbocycles. The molecule has 6 nitrogen and oxygen atoms in total. The summed E-state index contributed by atoms with van der Waals surface area (Å²) in [6.07, 6.45) is 0. The van der Waals surface area contributed by atoms with Gasteiger partial charge < -0.3 is 20.1 Å². The Labute approximate surface area is 141 Å². The lowest BCUT2D eigenvalue weighted by Crippen LogP contribution is -2.39. The first kappa shape index (κ1) is 16.7. The van der Waals surface area contributed by atoms with Crippen molar-refractivity contribution in [3.05, 3.63) is 59.2 Å². The van der Waals surface area contributed by atoms with Crippen LogP contribution in [0.2, 0.25) is 0 Å². The Bertz CT molecular complexity index is 841. The summed E-state index contributed by atoms with van der Waals surface area (Å²) < 4.78 is 37.0. The van der Waals surface area contributed by atoms with E-state index in [9.17, 15) is 18.4 Å². The monoisotopic (exact) mass is 348 g/mol. The van der Waals surface area contributed by atoms with Crippen molar-refractivity contribution in [2.75, 3.05) is 13.8 Å². The highest BCUT2D eigenvalue weighted by molar-refractivity contribution is 5.98. The molecule has 2 aromatic rings. The third-order valence-electron chi connectivity index (χ3n) is 3.70. The summed E-state index contributed by atoms with van der Waals surface area (Å²) in [5.74, 6) is -2.36. The van der Waals surface area contributed by atoms with Gasteiger partial charge in [-0.1, -0.05) is 6.07 Å². The highest BCUT2D eigenvalue weighted by atomic mass is 19.2. The van der Waals surface area contributed by atoms with E-state index >= 15 is 0 Å². The molecule has 2 amide bonds. The number of carbonyl (C=O) groups is 2. The number of likely N-dealkylation sites (N-methyl/N-ethyl adjacent to an activating group) is 1. The Morgan fingerprint density at radius 2 is 1.80 bits per heavy atom. The molecule has 0 bridgehead atoms. The van der Waals surface area contributed by atoms with Crippen molar-refractivity contribution in [2.45, 2.75) is 6.04 Å². The largest absolute Gasteiger partial charge is 0.454 e. The number of benzene rings is 2. The Balaban J connectivity index is 1.86. The fraction of sp³-hybridized carbons (Fsp3) is 0.176. The van der Waals surface area contributed by atoms with Gasteiger partial charge in [0.25, 0.3) is 5.91 Å². The first-order chi connectivity index (χ1) is 12.0. The molecule has 0 fully saturated rings. The van der Waals surface area contributed by atoms with Crippen LogP contribution in [0.4, 0.5) is 8.78 Å². The second-order valence-corrected chi connectivity index (χ2v) is 5.26. The minimum Gasteiger partial charge on any atom is -0.454 e. The molecule has 0 spiro atoms. The standard InChI is InChI=1S/C17H14F2N2O4/c1-20-17(23)15(9-2-4-11(18)12(19)6-9)21-16(22)10-3-5-13-14(7-10)25-8-24-13/h2-7,15H,8H2,1H3,(H,20,23)(H,21,22). The molecule has 1 aliphatic rings. The Kier molecular flexibility index (Phi) is 4.51. The van der Waals surface area contributed by atoms with Crippen LogP contribution in [0.25, 0.3) is 0 Å². The van der Waals surface area contributed by atoms with E-state index < -0.39 is 29.5 Å². The number of ether oxygens (including phenoxy) is 2. The molecule has 0 saturated heterocycles. The molecule has 3 rings (SSSR count). The predicted octanol–water partition coefficient (Wildman–Crippen LogP) is 1.91. The van der Waals surface area contributed by atoms with Crippen molar-refractivity contribution >= 4 is 11.8 Å². The van der Waals surface area contributed by atoms with Crippen LogP contribution in [-0.4, -0.2) is 25.7 Å². The molecule has 0 aliphatic carbocycles. The average molecular weight is 348 g/mol. The SMILES string of the molecule is CNC(=O)C(NC(=O)c1ccc2c(c1)OCO2)c1ccc(F)c(F)c1. The highest BCUT2D eigenvalue weighted by Crippen LogP contribution is 2.32. The van der Waals surface area contributed by atoms with Crippen LogP contribution in [0, 0.1) is 11.6 Å². The van der Waals surface area contributed by atoms with Gasteiger partial charge >= 0.3 is 0 Å². The maximum Gasteiger partial charge on any atom is 0.252 e. The van der Waals surface area contributed by atoms with Gasteiger partial charge in [0.15, 0.2) is 23.1 Å². The van der Waals surface area contributed by atoms with Crippen molar-refractivity contribution in [3.63, 3.8) is 0 Å². The van der Waals surface area contributed by atoms with Crippen molar-refractivity contribution < 1.29 is 27.8 Å². The fourth-order valence-electron chi connectivity index (χ4n) is 2.39. The van der Waals surface area contributed by atoms with E-state index in [0.29, 0.717) is 11.5 Å². The molecule has 1 unspecified atom stereocenters. The third-order valence-corrected chi connectivity index (χ3v) is 3.70. The lowest BCUT2D eigenvalue weighted by Gasteiger charge is -2.18. The van der Waals surface area contributed by atoms with Gasteiger partial charge in [-0.3, -0.25) is 9.59 Å². The number of halogens is 2. The molecule has 1 aliphatic heterocycles. The molecular formula is C17H14F2N2O4. The zero-order valence-corrected chi connectivity index (χ0v) is 13.1. The maximum atomic E-state index is 13.5. The van der Waals surface area contributed by atoms with Crippen molar-refractivity contribution in [1.82, 2.24) is 10.6 Å². The molecule has 1 atom stereocenters. The van der Waals surface area contributed by atoms with Crippen LogP contribution in [0.5, 0.6) is 11.5 Å². The second-order valence-electron chi connectivity index (χ2n) is 5.26. The Hall–Kier alpha value is -3.16. The topological polar surface area (TPSA) is 76.7 Å². The number of amides is 2. The van der Waals surface area contributed by atoms with Crippen molar-refractivity contribution in [3.8, 4) is 11.5 Å². The van der Waals surface area contributed by atoms with Crippen molar-refractivity contribution in [2.24, 2.45) is 0 Å². The molecule has 25 heavy (non-hydrogen) atoms. The van der Waals surface area contributed by atoms with Gasteiger partial charge in [0.2, 0.25) is 12.7 Å². The Morgan fingerprint density at radius 3 is 2.52 bits per heavy atom. The summed E-state index contributed by atoms with van der Waals surface area (Å²) in [6.45, 7) is 0.0656. The van der Waals surface area contributed by atoms with Crippen LogP contribution >= 0.6 is 0 Å². The number of rotatable bonds is 4. The number of nitrogens with one attached hydrogen (secondary N) is 2. The smallest absolute Gasteiger partial charge is 0.252 e. The third kappa shape index (κ3) is 3.37. The van der Waals surface area contributed by atoms with E-state index in [1.807, 2.05) is 0 Å². The molecule has 130 valence electrons. The molecule has 0 radical (unpaired) electrons. The predicted molar refractivity (Wildman–Crippen MR) is 83.2 cm³/mol. The van der Waals surface area contributed by atoms with Crippen LogP contribution in [0.3, 0.4) is 0 Å². The van der Waals surface area contributed by atoms with E-state index in [1.165, 1.54) is 25.2 Å². The lowest BCUT2D eigenvalue weighted by molar-refractivity contribution is -0.122. The molecule has 2 aromatic carbocycles. The fourth-order valence-corrected chi connectivity index (χ4v) is 2.39. The number of carbonyl (C=O) groups excluding carboxylic acids is 2. The minimum atomic E-state index is -1.18. The zero-order valence-electron chi connectivity index (χ0n) is 13.1. The Morgan fingerprint density at radius 1 is 1.04 bits per heavy atom. The van der Waals surface area contributed by atoms with Gasteiger partial charge in [0.05, 0.1) is 0 Å². The molecule has 1 heterocycles. The maximum absolute atomic E-state index is 13.5. The highest BCUT2D eigenvalue weighted by Gasteiger charge is 2.24. The van der Waals surface area contributed by atoms with E-state index in [0.717, 1.165) is 12.1 Å². The van der Waals surface area contributed by atoms with Crippen LogP contribution < -0.4 is 20.1 Å². The molecular weight excluding hydrogens is 334 g/mol. The minimum absolute atomic E-state index is 0.0656. The van der Waals surface area contributed by atoms with Gasteiger partial charge in [0.1, 0.15) is 6.04 Å². The van der Waals surface area contributed by atoms with E-state index in [-0.39, 0.29) is 17.9 Å². The second kappa shape index (κ2) is 6.76. The molecule has 8 heteroatoms. The van der Waals surface area contributed by atoms with Gasteiger partial charge in [-0.2, -0.15) is 0 Å². The normalized spacial score (nSPS) is 13.2. The van der Waals surface area contributed by atoms with Crippen LogP contribution in [-0.2, 0) is 4.79 Å². The van der Waals surface area contributed by atoms with Gasteiger partial charge in [-0.25, -0.2) is 8.78 Å². The summed E-state index contributed by atoms with van der Waals surface area (Å²) in [4.78, 5) is 24.5. The van der Waals surface area contributed by atoms with Gasteiger partial charge in [-0.15, -0.1) is 0 Å². The first-order valence-electron chi connectivity index (χ1n) is 7.36. The van der Waals surface area contributed by atoms with E-state index in [4.69, 9.17) is 9.47 Å². The average Bonchev–Trinajstić information content (AvgIpc) is 3.09. The van der Waals surface area contributed by atoms with Crippen molar-refractivity contribution in [1.29, 1.82) is 0 Å². The van der Waals surface area contributed by atoms with Gasteiger partial charge in [0, 0.05) is 12.6 Å². The summed E-state index contributed by atoms with van der Waals surface area (Å²) in [6, 6.07) is 6.38. The van der Waals surface area contributed by atoms with E-state index in [2.05, 4.69) is 10.6 Å². The molecule has 2 N–H and O–H groups in total. The number of hydrogen-bond donors (Lipinski definition) is 2. The van der Waals surface area contributed by atoms with Crippen LogP contribution in [0.15, 0.2) is 36.4 Å². The van der Waals surface area contributed by atoms with E-state index in [1.54, 1.807) is 6.07 Å². The lowest BCUT2D eigenvalue weighted by atomic mass is 10.0.